The standard InChI is InChI=1S/C19H29NO4/c1-12(2)10-17(23)19(24)20-14(11-13-6-4-3-5-7-13)18-15(21)8-9-16(18)22/h3-7,12,14-18,21-23H,8-11H2,1-2H3,(H,20,24)/t14-,15?,16?,17+,18?/m1/s1. The van der Waals surface area contributed by atoms with Crippen LogP contribution in [0, 0.1) is 11.8 Å². The van der Waals surface area contributed by atoms with Crippen molar-refractivity contribution in [3.8, 4) is 0 Å². The van der Waals surface area contributed by atoms with E-state index in [0.29, 0.717) is 25.7 Å². The van der Waals surface area contributed by atoms with Gasteiger partial charge in [0, 0.05) is 12.0 Å². The van der Waals surface area contributed by atoms with E-state index < -0.39 is 36.2 Å². The fourth-order valence-corrected chi connectivity index (χ4v) is 3.50. The van der Waals surface area contributed by atoms with E-state index in [2.05, 4.69) is 5.32 Å². The third kappa shape index (κ3) is 5.03. The van der Waals surface area contributed by atoms with E-state index >= 15 is 0 Å². The SMILES string of the molecule is CC(C)C[C@H](O)C(=O)N[C@H](Cc1ccccc1)C1C(O)CCC1O. The number of amides is 1. The van der Waals surface area contributed by atoms with E-state index in [-0.39, 0.29) is 5.92 Å². The van der Waals surface area contributed by atoms with Gasteiger partial charge in [0.2, 0.25) is 5.91 Å². The Hall–Kier alpha value is -1.43. The fourth-order valence-electron chi connectivity index (χ4n) is 3.50. The Kier molecular flexibility index (Phi) is 6.78. The maximum atomic E-state index is 12.3. The highest BCUT2D eigenvalue weighted by Gasteiger charge is 2.40. The Labute approximate surface area is 143 Å². The second-order valence-corrected chi connectivity index (χ2v) is 7.24. The van der Waals surface area contributed by atoms with Crippen molar-refractivity contribution in [2.75, 3.05) is 0 Å². The first kappa shape index (κ1) is 18.9. The molecular weight excluding hydrogens is 306 g/mol. The normalized spacial score (nSPS) is 26.3. The van der Waals surface area contributed by atoms with Gasteiger partial charge < -0.3 is 20.6 Å². The second kappa shape index (κ2) is 8.60. The lowest BCUT2D eigenvalue weighted by Crippen LogP contribution is -2.50. The van der Waals surface area contributed by atoms with Gasteiger partial charge in [-0.2, -0.15) is 0 Å². The number of hydrogen-bond acceptors (Lipinski definition) is 4. The van der Waals surface area contributed by atoms with Crippen LogP contribution in [-0.4, -0.2) is 45.6 Å². The molecule has 2 rings (SSSR count). The van der Waals surface area contributed by atoms with Crippen LogP contribution in [0.5, 0.6) is 0 Å². The molecule has 24 heavy (non-hydrogen) atoms. The van der Waals surface area contributed by atoms with Crippen LogP contribution in [0.1, 0.15) is 38.7 Å². The number of rotatable bonds is 7. The maximum absolute atomic E-state index is 12.3. The van der Waals surface area contributed by atoms with Crippen molar-refractivity contribution in [1.82, 2.24) is 5.32 Å². The van der Waals surface area contributed by atoms with Gasteiger partial charge in [0.25, 0.3) is 0 Å². The number of carbonyl (C=O) groups is 1. The molecule has 5 nitrogen and oxygen atoms in total. The monoisotopic (exact) mass is 335 g/mol. The molecule has 1 aliphatic rings. The summed E-state index contributed by atoms with van der Waals surface area (Å²) in [6.45, 7) is 3.89. The quantitative estimate of drug-likeness (QED) is 0.604. The molecule has 0 aromatic heterocycles. The molecule has 2 unspecified atom stereocenters. The fraction of sp³-hybridized carbons (Fsp3) is 0.632. The number of carbonyl (C=O) groups excluding carboxylic acids is 1. The summed E-state index contributed by atoms with van der Waals surface area (Å²) in [4.78, 5) is 12.3. The molecule has 1 saturated carbocycles. The van der Waals surface area contributed by atoms with Gasteiger partial charge in [-0.25, -0.2) is 0 Å². The van der Waals surface area contributed by atoms with E-state index in [4.69, 9.17) is 0 Å². The van der Waals surface area contributed by atoms with Crippen molar-refractivity contribution >= 4 is 5.91 Å². The van der Waals surface area contributed by atoms with E-state index in [1.165, 1.54) is 0 Å². The number of hydrogen-bond donors (Lipinski definition) is 4. The minimum absolute atomic E-state index is 0.209. The van der Waals surface area contributed by atoms with Gasteiger partial charge in [-0.15, -0.1) is 0 Å². The Bertz CT molecular complexity index is 509. The molecule has 0 heterocycles. The molecule has 0 spiro atoms. The summed E-state index contributed by atoms with van der Waals surface area (Å²) in [7, 11) is 0. The van der Waals surface area contributed by atoms with Crippen molar-refractivity contribution in [3.05, 3.63) is 35.9 Å². The van der Waals surface area contributed by atoms with Crippen LogP contribution < -0.4 is 5.32 Å². The second-order valence-electron chi connectivity index (χ2n) is 7.24. The average molecular weight is 335 g/mol. The van der Waals surface area contributed by atoms with E-state index in [1.54, 1.807) is 0 Å². The van der Waals surface area contributed by atoms with Gasteiger partial charge in [-0.1, -0.05) is 44.2 Å². The predicted molar refractivity (Wildman–Crippen MR) is 92.3 cm³/mol. The molecule has 1 aromatic carbocycles. The summed E-state index contributed by atoms with van der Waals surface area (Å²) in [6.07, 6.45) is -0.394. The summed E-state index contributed by atoms with van der Waals surface area (Å²) in [5.74, 6) is -0.641. The first-order valence-corrected chi connectivity index (χ1v) is 8.77. The molecular formula is C19H29NO4. The average Bonchev–Trinajstić information content (AvgIpc) is 2.86. The molecule has 1 aliphatic carbocycles. The van der Waals surface area contributed by atoms with Crippen molar-refractivity contribution < 1.29 is 20.1 Å². The summed E-state index contributed by atoms with van der Waals surface area (Å²) >= 11 is 0. The van der Waals surface area contributed by atoms with Crippen molar-refractivity contribution in [2.45, 2.75) is 63.9 Å². The molecule has 0 bridgehead atoms. The zero-order chi connectivity index (χ0) is 17.7. The maximum Gasteiger partial charge on any atom is 0.249 e. The molecule has 0 radical (unpaired) electrons. The molecule has 1 aromatic rings. The van der Waals surface area contributed by atoms with Crippen LogP contribution in [0.2, 0.25) is 0 Å². The molecule has 0 saturated heterocycles. The van der Waals surface area contributed by atoms with E-state index in [1.807, 2.05) is 44.2 Å². The molecule has 1 amide bonds. The third-order valence-electron chi connectivity index (χ3n) is 4.73. The largest absolute Gasteiger partial charge is 0.393 e. The molecule has 0 aliphatic heterocycles. The van der Waals surface area contributed by atoms with E-state index in [9.17, 15) is 20.1 Å². The zero-order valence-electron chi connectivity index (χ0n) is 14.4. The van der Waals surface area contributed by atoms with Crippen LogP contribution in [0.4, 0.5) is 0 Å². The van der Waals surface area contributed by atoms with Gasteiger partial charge in [0.15, 0.2) is 0 Å². The molecule has 5 heteroatoms. The summed E-state index contributed by atoms with van der Waals surface area (Å²) in [5, 5.41) is 33.4. The number of benzene rings is 1. The molecule has 4 N–H and O–H groups in total. The highest BCUT2D eigenvalue weighted by atomic mass is 16.3. The van der Waals surface area contributed by atoms with Crippen LogP contribution in [0.25, 0.3) is 0 Å². The predicted octanol–water partition coefficient (Wildman–Crippen LogP) is 1.25. The van der Waals surface area contributed by atoms with Gasteiger partial charge in [-0.3, -0.25) is 4.79 Å². The first-order valence-electron chi connectivity index (χ1n) is 8.77. The number of aliphatic hydroxyl groups excluding tert-OH is 3. The molecule has 4 atom stereocenters. The summed E-state index contributed by atoms with van der Waals surface area (Å²) in [6, 6.07) is 9.26. The van der Waals surface area contributed by atoms with Crippen LogP contribution >= 0.6 is 0 Å². The van der Waals surface area contributed by atoms with Gasteiger partial charge >= 0.3 is 0 Å². The topological polar surface area (TPSA) is 89.8 Å². The summed E-state index contributed by atoms with van der Waals surface area (Å²) < 4.78 is 0. The highest BCUT2D eigenvalue weighted by molar-refractivity contribution is 5.80. The van der Waals surface area contributed by atoms with Gasteiger partial charge in [-0.05, 0) is 37.2 Å². The molecule has 134 valence electrons. The Morgan fingerprint density at radius 1 is 1.17 bits per heavy atom. The smallest absolute Gasteiger partial charge is 0.249 e. The lowest BCUT2D eigenvalue weighted by atomic mass is 9.88. The molecule has 1 fully saturated rings. The van der Waals surface area contributed by atoms with Crippen LogP contribution in [0.3, 0.4) is 0 Å². The van der Waals surface area contributed by atoms with Gasteiger partial charge in [0.1, 0.15) is 6.10 Å². The lowest BCUT2D eigenvalue weighted by Gasteiger charge is -2.30. The summed E-state index contributed by atoms with van der Waals surface area (Å²) in [5.41, 5.74) is 1.02. The highest BCUT2D eigenvalue weighted by Crippen LogP contribution is 2.30. The van der Waals surface area contributed by atoms with Crippen molar-refractivity contribution in [1.29, 1.82) is 0 Å². The van der Waals surface area contributed by atoms with Crippen LogP contribution in [0.15, 0.2) is 30.3 Å². The van der Waals surface area contributed by atoms with Crippen LogP contribution in [-0.2, 0) is 11.2 Å². The van der Waals surface area contributed by atoms with E-state index in [0.717, 1.165) is 5.56 Å². The van der Waals surface area contributed by atoms with Crippen molar-refractivity contribution in [3.63, 3.8) is 0 Å². The number of nitrogens with one attached hydrogen (secondary N) is 1. The minimum Gasteiger partial charge on any atom is -0.393 e. The van der Waals surface area contributed by atoms with Gasteiger partial charge in [0.05, 0.1) is 12.2 Å². The Morgan fingerprint density at radius 3 is 2.29 bits per heavy atom. The minimum atomic E-state index is -1.07. The first-order chi connectivity index (χ1) is 11.4. The third-order valence-corrected chi connectivity index (χ3v) is 4.73. The lowest BCUT2D eigenvalue weighted by molar-refractivity contribution is -0.131. The Balaban J connectivity index is 2.12. The Morgan fingerprint density at radius 2 is 1.75 bits per heavy atom. The number of aliphatic hydroxyl groups is 3. The van der Waals surface area contributed by atoms with Crippen molar-refractivity contribution in [2.24, 2.45) is 11.8 Å². The zero-order valence-corrected chi connectivity index (χ0v) is 14.4.